The first-order valence-electron chi connectivity index (χ1n) is 12.6. The lowest BCUT2D eigenvalue weighted by atomic mass is 9.89. The number of likely N-dealkylation sites (tertiary alicyclic amines) is 1. The van der Waals surface area contributed by atoms with Crippen molar-refractivity contribution >= 4 is 11.4 Å². The van der Waals surface area contributed by atoms with Crippen molar-refractivity contribution in [2.24, 2.45) is 0 Å². The van der Waals surface area contributed by atoms with Gasteiger partial charge in [-0.25, -0.2) is 0 Å². The largest absolute Gasteiger partial charge is 0.493 e. The zero-order valence-corrected chi connectivity index (χ0v) is 18.8. The first kappa shape index (κ1) is 19.2. The van der Waals surface area contributed by atoms with Gasteiger partial charge in [-0.05, 0) is 48.6 Å². The molecule has 2 atom stereocenters. The monoisotopic (exact) mass is 431 g/mol. The van der Waals surface area contributed by atoms with E-state index in [1.807, 2.05) is 0 Å². The van der Waals surface area contributed by atoms with Gasteiger partial charge in [0.25, 0.3) is 0 Å². The first-order valence-corrected chi connectivity index (χ1v) is 12.6. The molecule has 5 aliphatic rings. The van der Waals surface area contributed by atoms with Crippen molar-refractivity contribution in [2.75, 3.05) is 62.3 Å². The van der Waals surface area contributed by atoms with Gasteiger partial charge < -0.3 is 24.2 Å². The van der Waals surface area contributed by atoms with Crippen molar-refractivity contribution in [3.63, 3.8) is 0 Å². The molecular formula is C27H33N3O2. The molecule has 2 saturated heterocycles. The molecule has 7 rings (SSSR count). The Morgan fingerprint density at radius 3 is 2.78 bits per heavy atom. The molecule has 5 nitrogen and oxygen atoms in total. The molecule has 0 saturated carbocycles. The Bertz CT molecular complexity index is 1020. The minimum Gasteiger partial charge on any atom is -0.493 e. The van der Waals surface area contributed by atoms with Gasteiger partial charge in [-0.3, -0.25) is 0 Å². The third kappa shape index (κ3) is 2.97. The molecular weight excluding hydrogens is 398 g/mol. The van der Waals surface area contributed by atoms with E-state index in [4.69, 9.17) is 9.47 Å². The summed E-state index contributed by atoms with van der Waals surface area (Å²) in [5, 5.41) is 0. The van der Waals surface area contributed by atoms with Gasteiger partial charge in [0.05, 0.1) is 37.2 Å². The van der Waals surface area contributed by atoms with E-state index in [-0.39, 0.29) is 0 Å². The molecule has 168 valence electrons. The summed E-state index contributed by atoms with van der Waals surface area (Å²) in [6, 6.07) is 15.0. The van der Waals surface area contributed by atoms with Crippen LogP contribution in [0.15, 0.2) is 36.4 Å². The van der Waals surface area contributed by atoms with E-state index in [1.54, 1.807) is 11.3 Å². The quantitative estimate of drug-likeness (QED) is 0.723. The number of hydrogen-bond acceptors (Lipinski definition) is 5. The van der Waals surface area contributed by atoms with E-state index in [2.05, 4.69) is 51.1 Å². The maximum atomic E-state index is 5.92. The first-order chi connectivity index (χ1) is 15.9. The molecule has 5 aliphatic heterocycles. The number of piperidine rings is 1. The Hall–Kier alpha value is -2.24. The average Bonchev–Trinajstić information content (AvgIpc) is 3.39. The molecule has 32 heavy (non-hydrogen) atoms. The molecule has 2 unspecified atom stereocenters. The molecule has 5 heteroatoms. The van der Waals surface area contributed by atoms with Crippen molar-refractivity contribution in [1.82, 2.24) is 4.90 Å². The highest BCUT2D eigenvalue weighted by atomic mass is 16.5. The van der Waals surface area contributed by atoms with Crippen LogP contribution in [0.2, 0.25) is 0 Å². The maximum Gasteiger partial charge on any atom is 0.125 e. The molecule has 0 spiro atoms. The van der Waals surface area contributed by atoms with Crippen LogP contribution in [-0.2, 0) is 17.6 Å². The van der Waals surface area contributed by atoms with Crippen LogP contribution in [0, 0.1) is 0 Å². The van der Waals surface area contributed by atoms with Gasteiger partial charge >= 0.3 is 0 Å². The van der Waals surface area contributed by atoms with Crippen molar-refractivity contribution in [1.29, 1.82) is 0 Å². The summed E-state index contributed by atoms with van der Waals surface area (Å²) in [6.07, 6.45) is 4.69. The SMILES string of the molecule is c1cc(CCCN2CCC3C(C2)c2cccc4c2N3CCN4C2COC2)c2c(c1)CCO2. The van der Waals surface area contributed by atoms with Gasteiger partial charge in [0.2, 0.25) is 0 Å². The van der Waals surface area contributed by atoms with Crippen molar-refractivity contribution in [3.05, 3.63) is 53.1 Å². The van der Waals surface area contributed by atoms with Gasteiger partial charge in [-0.1, -0.05) is 30.3 Å². The summed E-state index contributed by atoms with van der Waals surface area (Å²) in [7, 11) is 0. The number of anilines is 2. The minimum atomic E-state index is 0.575. The fraction of sp³-hybridized carbons (Fsp3) is 0.556. The second-order valence-electron chi connectivity index (χ2n) is 10.2. The van der Waals surface area contributed by atoms with Crippen LogP contribution in [0.1, 0.15) is 35.4 Å². The number of rotatable bonds is 5. The summed E-state index contributed by atoms with van der Waals surface area (Å²) in [5.41, 5.74) is 7.40. The summed E-state index contributed by atoms with van der Waals surface area (Å²) in [5.74, 6) is 1.83. The van der Waals surface area contributed by atoms with Crippen LogP contribution < -0.4 is 14.5 Å². The Labute approximate surface area is 190 Å². The van der Waals surface area contributed by atoms with Gasteiger partial charge in [0, 0.05) is 44.6 Å². The number of ether oxygens (including phenoxy) is 2. The summed E-state index contributed by atoms with van der Waals surface area (Å²) < 4.78 is 11.4. The lowest BCUT2D eigenvalue weighted by Crippen LogP contribution is -2.55. The summed E-state index contributed by atoms with van der Waals surface area (Å²) >= 11 is 0. The molecule has 0 bridgehead atoms. The molecule has 2 aromatic rings. The second-order valence-corrected chi connectivity index (χ2v) is 10.2. The summed E-state index contributed by atoms with van der Waals surface area (Å²) in [6.45, 7) is 8.55. The van der Waals surface area contributed by atoms with Crippen molar-refractivity contribution < 1.29 is 9.47 Å². The third-order valence-corrected chi connectivity index (χ3v) is 8.46. The fourth-order valence-corrected chi connectivity index (χ4v) is 6.82. The highest BCUT2D eigenvalue weighted by Gasteiger charge is 2.46. The van der Waals surface area contributed by atoms with Crippen molar-refractivity contribution in [2.45, 2.75) is 43.7 Å². The number of aryl methyl sites for hydroxylation is 1. The van der Waals surface area contributed by atoms with Crippen LogP contribution >= 0.6 is 0 Å². The lowest BCUT2D eigenvalue weighted by molar-refractivity contribution is 0.00797. The summed E-state index contributed by atoms with van der Waals surface area (Å²) in [4.78, 5) is 8.10. The molecule has 2 aromatic carbocycles. The minimum absolute atomic E-state index is 0.575. The van der Waals surface area contributed by atoms with E-state index in [0.717, 1.165) is 39.2 Å². The molecule has 0 radical (unpaired) electrons. The van der Waals surface area contributed by atoms with Crippen LogP contribution in [-0.4, -0.2) is 69.5 Å². The van der Waals surface area contributed by atoms with Crippen LogP contribution in [0.25, 0.3) is 0 Å². The molecule has 0 amide bonds. The van der Waals surface area contributed by atoms with Gasteiger partial charge in [-0.15, -0.1) is 0 Å². The molecule has 5 heterocycles. The smallest absolute Gasteiger partial charge is 0.125 e. The highest BCUT2D eigenvalue weighted by molar-refractivity contribution is 5.81. The molecule has 0 N–H and O–H groups in total. The van der Waals surface area contributed by atoms with Crippen LogP contribution in [0.3, 0.4) is 0 Å². The van der Waals surface area contributed by atoms with E-state index in [0.29, 0.717) is 18.0 Å². The average molecular weight is 432 g/mol. The zero-order chi connectivity index (χ0) is 21.1. The highest BCUT2D eigenvalue weighted by Crippen LogP contribution is 2.51. The topological polar surface area (TPSA) is 28.2 Å². The second kappa shape index (κ2) is 7.67. The fourth-order valence-electron chi connectivity index (χ4n) is 6.82. The standard InChI is InChI=1S/C27H33N3O2/c1-4-19(27-20(5-1)10-15-32-27)6-3-11-28-12-9-24-23(16-28)22-7-2-8-25-26(22)30(24)14-13-29(25)21-17-31-18-21/h1-2,4-5,7-8,21,23-24H,3,6,9-18H2. The van der Waals surface area contributed by atoms with Gasteiger partial charge in [-0.2, -0.15) is 0 Å². The third-order valence-electron chi connectivity index (χ3n) is 8.46. The Morgan fingerprint density at radius 1 is 0.969 bits per heavy atom. The lowest BCUT2D eigenvalue weighted by Gasteiger charge is -2.46. The van der Waals surface area contributed by atoms with Gasteiger partial charge in [0.15, 0.2) is 0 Å². The Balaban J connectivity index is 1.05. The van der Waals surface area contributed by atoms with E-state index >= 15 is 0 Å². The number of hydrogen-bond donors (Lipinski definition) is 0. The normalized spacial score (nSPS) is 26.4. The predicted molar refractivity (Wildman–Crippen MR) is 127 cm³/mol. The van der Waals surface area contributed by atoms with Crippen LogP contribution in [0.4, 0.5) is 11.4 Å². The molecule has 0 aromatic heterocycles. The number of nitrogens with zero attached hydrogens (tertiary/aromatic N) is 3. The number of benzene rings is 2. The van der Waals surface area contributed by atoms with E-state index in [1.165, 1.54) is 61.6 Å². The van der Waals surface area contributed by atoms with E-state index in [9.17, 15) is 0 Å². The zero-order valence-electron chi connectivity index (χ0n) is 18.8. The van der Waals surface area contributed by atoms with E-state index < -0.39 is 0 Å². The number of para-hydroxylation sites is 2. The Morgan fingerprint density at radius 2 is 1.88 bits per heavy atom. The maximum absolute atomic E-state index is 5.92. The molecule has 2 fully saturated rings. The predicted octanol–water partition coefficient (Wildman–Crippen LogP) is 3.45. The Kier molecular flexibility index (Phi) is 4.61. The van der Waals surface area contributed by atoms with Crippen LogP contribution in [0.5, 0.6) is 5.75 Å². The number of fused-ring (bicyclic) bond motifs is 4. The molecule has 0 aliphatic carbocycles. The van der Waals surface area contributed by atoms with Crippen molar-refractivity contribution in [3.8, 4) is 5.75 Å². The van der Waals surface area contributed by atoms with Gasteiger partial charge in [0.1, 0.15) is 5.75 Å².